The first-order chi connectivity index (χ1) is 9.89. The van der Waals surface area contributed by atoms with Crippen molar-refractivity contribution in [3.05, 3.63) is 0 Å². The van der Waals surface area contributed by atoms with Gasteiger partial charge in [-0.15, -0.1) is 0 Å². The van der Waals surface area contributed by atoms with Crippen LogP contribution in [-0.2, 0) is 18.4 Å². The molecule has 126 valence electrons. The SMILES string of the molecule is CCCCCCCCCCOP(=O)(O)OC[C@H](N)C(=O)O. The molecule has 0 amide bonds. The van der Waals surface area contributed by atoms with Gasteiger partial charge in [-0.25, -0.2) is 4.57 Å². The molecular weight excluding hydrogens is 297 g/mol. The molecule has 0 aliphatic rings. The number of carbonyl (C=O) groups is 1. The van der Waals surface area contributed by atoms with Crippen LogP contribution < -0.4 is 5.73 Å². The number of phosphoric ester groups is 1. The van der Waals surface area contributed by atoms with Crippen molar-refractivity contribution in [3.8, 4) is 0 Å². The number of phosphoric acid groups is 1. The zero-order valence-corrected chi connectivity index (χ0v) is 13.6. The van der Waals surface area contributed by atoms with Gasteiger partial charge in [0.2, 0.25) is 0 Å². The fraction of sp³-hybridized carbons (Fsp3) is 0.923. The predicted molar refractivity (Wildman–Crippen MR) is 80.0 cm³/mol. The molecule has 0 radical (unpaired) electrons. The Hall–Kier alpha value is -0.460. The monoisotopic (exact) mass is 325 g/mol. The minimum atomic E-state index is -4.20. The molecule has 0 heterocycles. The predicted octanol–water partition coefficient (Wildman–Crippen LogP) is 2.67. The average Bonchev–Trinajstić information content (AvgIpc) is 2.43. The summed E-state index contributed by atoms with van der Waals surface area (Å²) >= 11 is 0. The van der Waals surface area contributed by atoms with Crippen molar-refractivity contribution in [2.45, 2.75) is 64.3 Å². The van der Waals surface area contributed by atoms with E-state index in [1.54, 1.807) is 0 Å². The van der Waals surface area contributed by atoms with Crippen LogP contribution in [0.15, 0.2) is 0 Å². The lowest BCUT2D eigenvalue weighted by atomic mass is 10.1. The molecule has 2 atom stereocenters. The van der Waals surface area contributed by atoms with E-state index in [0.29, 0.717) is 6.42 Å². The summed E-state index contributed by atoms with van der Waals surface area (Å²) in [7, 11) is -4.20. The molecule has 7 nitrogen and oxygen atoms in total. The lowest BCUT2D eigenvalue weighted by Gasteiger charge is -2.13. The van der Waals surface area contributed by atoms with E-state index in [1.165, 1.54) is 32.1 Å². The summed E-state index contributed by atoms with van der Waals surface area (Å²) in [5, 5.41) is 8.51. The fourth-order valence-electron chi connectivity index (χ4n) is 1.70. The minimum absolute atomic E-state index is 0.116. The van der Waals surface area contributed by atoms with E-state index in [0.717, 1.165) is 12.8 Å². The third kappa shape index (κ3) is 13.0. The standard InChI is InChI=1S/C13H28NO6P/c1-2-3-4-5-6-7-8-9-10-19-21(17,18)20-11-12(14)13(15)16/h12H,2-11,14H2,1H3,(H,15,16)(H,17,18)/t12-/m0/s1. The molecule has 0 aliphatic heterocycles. The van der Waals surface area contributed by atoms with Crippen LogP contribution in [0.5, 0.6) is 0 Å². The zero-order chi connectivity index (χ0) is 16.1. The summed E-state index contributed by atoms with van der Waals surface area (Å²) in [6, 6.07) is -1.34. The largest absolute Gasteiger partial charge is 0.480 e. The van der Waals surface area contributed by atoms with Gasteiger partial charge in [-0.3, -0.25) is 13.8 Å². The molecule has 0 aromatic rings. The Bertz CT molecular complexity index is 326. The second-order valence-electron chi connectivity index (χ2n) is 5.02. The maximum atomic E-state index is 11.4. The van der Waals surface area contributed by atoms with Crippen molar-refractivity contribution < 1.29 is 28.4 Å². The molecule has 0 saturated heterocycles. The van der Waals surface area contributed by atoms with Gasteiger partial charge in [-0.2, -0.15) is 0 Å². The van der Waals surface area contributed by atoms with E-state index in [9.17, 15) is 14.3 Å². The summed E-state index contributed by atoms with van der Waals surface area (Å²) in [6.07, 6.45) is 8.83. The second kappa shape index (κ2) is 12.1. The van der Waals surface area contributed by atoms with Gasteiger partial charge >= 0.3 is 13.8 Å². The Morgan fingerprint density at radius 1 is 1.10 bits per heavy atom. The topological polar surface area (TPSA) is 119 Å². The molecule has 0 fully saturated rings. The maximum Gasteiger partial charge on any atom is 0.472 e. The molecule has 0 aromatic carbocycles. The highest BCUT2D eigenvalue weighted by molar-refractivity contribution is 7.47. The van der Waals surface area contributed by atoms with Crippen molar-refractivity contribution in [1.29, 1.82) is 0 Å². The van der Waals surface area contributed by atoms with E-state index >= 15 is 0 Å². The molecule has 8 heteroatoms. The quantitative estimate of drug-likeness (QED) is 0.332. The van der Waals surface area contributed by atoms with Crippen LogP contribution in [0.25, 0.3) is 0 Å². The number of rotatable bonds is 14. The summed E-state index contributed by atoms with van der Waals surface area (Å²) in [6.45, 7) is 1.74. The molecule has 21 heavy (non-hydrogen) atoms. The molecule has 1 unspecified atom stereocenters. The van der Waals surface area contributed by atoms with E-state index in [1.807, 2.05) is 0 Å². The van der Waals surface area contributed by atoms with Crippen LogP contribution in [-0.4, -0.2) is 35.2 Å². The van der Waals surface area contributed by atoms with E-state index < -0.39 is 26.4 Å². The Labute approximate surface area is 126 Å². The summed E-state index contributed by atoms with van der Waals surface area (Å²) in [5.74, 6) is -1.29. The average molecular weight is 325 g/mol. The first kappa shape index (κ1) is 20.5. The number of hydrogen-bond donors (Lipinski definition) is 3. The van der Waals surface area contributed by atoms with Gasteiger partial charge in [0.05, 0.1) is 13.2 Å². The maximum absolute atomic E-state index is 11.4. The summed E-state index contributed by atoms with van der Waals surface area (Å²) in [4.78, 5) is 19.7. The van der Waals surface area contributed by atoms with Crippen molar-refractivity contribution in [2.75, 3.05) is 13.2 Å². The Balaban J connectivity index is 3.53. The van der Waals surface area contributed by atoms with Gasteiger partial charge in [-0.1, -0.05) is 51.9 Å². The normalized spacial score (nSPS) is 15.6. The van der Waals surface area contributed by atoms with Gasteiger partial charge in [0.1, 0.15) is 6.04 Å². The first-order valence-corrected chi connectivity index (χ1v) is 8.99. The number of hydrogen-bond acceptors (Lipinski definition) is 5. The second-order valence-corrected chi connectivity index (χ2v) is 6.47. The van der Waals surface area contributed by atoms with Crippen LogP contribution in [0.2, 0.25) is 0 Å². The number of carboxylic acids is 1. The number of carboxylic acid groups (broad SMARTS) is 1. The number of nitrogens with two attached hydrogens (primary N) is 1. The highest BCUT2D eigenvalue weighted by Crippen LogP contribution is 2.43. The third-order valence-electron chi connectivity index (χ3n) is 2.99. The van der Waals surface area contributed by atoms with Crippen LogP contribution in [0.1, 0.15) is 58.3 Å². The summed E-state index contributed by atoms with van der Waals surface area (Å²) in [5.41, 5.74) is 5.16. The molecule has 4 N–H and O–H groups in total. The van der Waals surface area contributed by atoms with Gasteiger partial charge in [0, 0.05) is 0 Å². The van der Waals surface area contributed by atoms with Crippen molar-refractivity contribution >= 4 is 13.8 Å². The van der Waals surface area contributed by atoms with Crippen LogP contribution in [0.3, 0.4) is 0 Å². The third-order valence-corrected chi connectivity index (χ3v) is 3.97. The van der Waals surface area contributed by atoms with Crippen LogP contribution >= 0.6 is 7.82 Å². The highest BCUT2D eigenvalue weighted by Gasteiger charge is 2.24. The van der Waals surface area contributed by atoms with Crippen molar-refractivity contribution in [2.24, 2.45) is 5.73 Å². The Morgan fingerprint density at radius 2 is 1.62 bits per heavy atom. The van der Waals surface area contributed by atoms with Crippen molar-refractivity contribution in [1.82, 2.24) is 0 Å². The molecule has 0 bridgehead atoms. The first-order valence-electron chi connectivity index (χ1n) is 7.49. The van der Waals surface area contributed by atoms with E-state index in [2.05, 4.69) is 11.4 Å². The van der Waals surface area contributed by atoms with Gasteiger partial charge in [0.15, 0.2) is 0 Å². The Kier molecular flexibility index (Phi) is 11.9. The van der Waals surface area contributed by atoms with Crippen LogP contribution in [0, 0.1) is 0 Å². The highest BCUT2D eigenvalue weighted by atomic mass is 31.2. The lowest BCUT2D eigenvalue weighted by Crippen LogP contribution is -2.34. The summed E-state index contributed by atoms with van der Waals surface area (Å²) < 4.78 is 20.7. The molecule has 0 aliphatic carbocycles. The van der Waals surface area contributed by atoms with Crippen molar-refractivity contribution in [3.63, 3.8) is 0 Å². The van der Waals surface area contributed by atoms with E-state index in [-0.39, 0.29) is 6.61 Å². The zero-order valence-electron chi connectivity index (χ0n) is 12.7. The molecule has 0 aromatic heterocycles. The molecular formula is C13H28NO6P. The molecule has 0 rings (SSSR count). The molecule has 0 spiro atoms. The molecule has 0 saturated carbocycles. The van der Waals surface area contributed by atoms with Gasteiger partial charge in [-0.05, 0) is 6.42 Å². The van der Waals surface area contributed by atoms with E-state index in [4.69, 9.17) is 15.4 Å². The Morgan fingerprint density at radius 3 is 2.14 bits per heavy atom. The number of unbranched alkanes of at least 4 members (excludes halogenated alkanes) is 7. The van der Waals surface area contributed by atoms with Gasteiger partial charge in [0.25, 0.3) is 0 Å². The number of aliphatic carboxylic acids is 1. The fourth-order valence-corrected chi connectivity index (χ4v) is 2.48. The minimum Gasteiger partial charge on any atom is -0.480 e. The van der Waals surface area contributed by atoms with Crippen LogP contribution in [0.4, 0.5) is 0 Å². The smallest absolute Gasteiger partial charge is 0.472 e. The van der Waals surface area contributed by atoms with Gasteiger partial charge < -0.3 is 15.7 Å². The lowest BCUT2D eigenvalue weighted by molar-refractivity contribution is -0.139.